The quantitative estimate of drug-likeness (QED) is 0.749. The van der Waals surface area contributed by atoms with Gasteiger partial charge in [0.25, 0.3) is 0 Å². The predicted octanol–water partition coefficient (Wildman–Crippen LogP) is 3.54. The Morgan fingerprint density at radius 3 is 1.94 bits per heavy atom. The topological polar surface area (TPSA) is 33.3 Å². The van der Waals surface area contributed by atoms with Crippen LogP contribution in [0.5, 0.6) is 5.75 Å². The van der Waals surface area contributed by atoms with Crippen LogP contribution in [0.25, 0.3) is 0 Å². The highest BCUT2D eigenvalue weighted by Crippen LogP contribution is 2.28. The molecule has 0 aliphatic carbocycles. The molecule has 4 heteroatoms. The van der Waals surface area contributed by atoms with E-state index in [0.717, 1.165) is 18.8 Å². The van der Waals surface area contributed by atoms with Crippen LogP contribution in [0.2, 0.25) is 0 Å². The van der Waals surface area contributed by atoms with Crippen molar-refractivity contribution in [1.29, 1.82) is 0 Å². The molecule has 0 aliphatic rings. The van der Waals surface area contributed by atoms with Crippen LogP contribution >= 0.6 is 8.45 Å². The molecule has 1 rings (SSSR count). The van der Waals surface area contributed by atoms with Crippen molar-refractivity contribution in [3.8, 4) is 5.75 Å². The maximum absolute atomic E-state index is 5.74. The summed E-state index contributed by atoms with van der Waals surface area (Å²) in [4.78, 5) is 0. The van der Waals surface area contributed by atoms with E-state index < -0.39 is 8.45 Å². The Hall–Kier alpha value is -0.630. The fourth-order valence-electron chi connectivity index (χ4n) is 0.994. The molecule has 0 saturated heterocycles. The smallest absolute Gasteiger partial charge is 0.242 e. The van der Waals surface area contributed by atoms with E-state index in [1.54, 1.807) is 0 Å². The van der Waals surface area contributed by atoms with Crippen molar-refractivity contribution in [2.45, 2.75) is 27.7 Å². The summed E-state index contributed by atoms with van der Waals surface area (Å²) >= 11 is 0. The van der Waals surface area contributed by atoms with Crippen molar-refractivity contribution in [3.05, 3.63) is 30.3 Å². The molecule has 0 amide bonds. The van der Waals surface area contributed by atoms with Gasteiger partial charge in [-0.1, -0.05) is 45.9 Å². The molecule has 0 spiro atoms. The van der Waals surface area contributed by atoms with E-state index in [2.05, 4.69) is 24.0 Å². The zero-order valence-corrected chi connectivity index (χ0v) is 11.6. The van der Waals surface area contributed by atoms with Crippen LogP contribution in [0.4, 0.5) is 0 Å². The van der Waals surface area contributed by atoms with Crippen LogP contribution in [-0.2, 0) is 0 Å². The van der Waals surface area contributed by atoms with Crippen molar-refractivity contribution < 1.29 is 4.52 Å². The third-order valence-electron chi connectivity index (χ3n) is 1.54. The lowest BCUT2D eigenvalue weighted by Gasteiger charge is -2.18. The second-order valence-electron chi connectivity index (χ2n) is 2.72. The first-order chi connectivity index (χ1) is 7.86. The van der Waals surface area contributed by atoms with Crippen molar-refractivity contribution in [2.24, 2.45) is 0 Å². The summed E-state index contributed by atoms with van der Waals surface area (Å²) in [5.74, 6) is 0.903. The largest absolute Gasteiger partial charge is 0.445 e. The van der Waals surface area contributed by atoms with E-state index in [-0.39, 0.29) is 0 Å². The number of benzene rings is 1. The highest BCUT2D eigenvalue weighted by Gasteiger charge is 2.06. The first-order valence-electron chi connectivity index (χ1n) is 5.87. The molecular weight excluding hydrogens is 219 g/mol. The number of hydrogen-bond donors (Lipinski definition) is 2. The Morgan fingerprint density at radius 1 is 1.00 bits per heavy atom. The van der Waals surface area contributed by atoms with Gasteiger partial charge in [0, 0.05) is 13.1 Å². The molecule has 0 saturated carbocycles. The summed E-state index contributed by atoms with van der Waals surface area (Å²) < 4.78 is 5.74. The number of nitrogens with one attached hydrogen (secondary N) is 2. The first-order valence-corrected chi connectivity index (χ1v) is 7.13. The summed E-state index contributed by atoms with van der Waals surface area (Å²) in [5, 5.41) is 6.53. The van der Waals surface area contributed by atoms with Crippen molar-refractivity contribution in [3.63, 3.8) is 0 Å². The Kier molecular flexibility index (Phi) is 10.4. The fourth-order valence-corrected chi connectivity index (χ4v) is 2.14. The monoisotopic (exact) mass is 242 g/mol. The number of para-hydroxylation sites is 1. The van der Waals surface area contributed by atoms with Gasteiger partial charge in [-0.05, 0) is 12.1 Å². The van der Waals surface area contributed by atoms with Gasteiger partial charge in [-0.15, -0.1) is 0 Å². The fraction of sp³-hybridized carbons (Fsp3) is 0.500. The molecule has 0 heterocycles. The van der Waals surface area contributed by atoms with Gasteiger partial charge < -0.3 is 4.52 Å². The molecule has 16 heavy (non-hydrogen) atoms. The van der Waals surface area contributed by atoms with E-state index in [4.69, 9.17) is 4.52 Å². The van der Waals surface area contributed by atoms with E-state index in [0.29, 0.717) is 0 Å². The van der Waals surface area contributed by atoms with Gasteiger partial charge >= 0.3 is 0 Å². The van der Waals surface area contributed by atoms with Crippen LogP contribution in [-0.4, -0.2) is 13.1 Å². The molecule has 0 aliphatic heterocycles. The standard InChI is InChI=1S/C10H17N2OP.C2H6/c1-3-11-14(12-4-2)13-10-8-6-5-7-9-10;1-2/h5-9,11-12H,3-4H2,1-2H3;1-2H3. The van der Waals surface area contributed by atoms with Gasteiger partial charge in [0.15, 0.2) is 0 Å². The zero-order chi connectivity index (χ0) is 12.2. The molecule has 1 aromatic rings. The van der Waals surface area contributed by atoms with E-state index >= 15 is 0 Å². The van der Waals surface area contributed by atoms with Gasteiger partial charge in [-0.2, -0.15) is 0 Å². The molecule has 0 aromatic heterocycles. The first kappa shape index (κ1) is 15.4. The number of hydrogen-bond acceptors (Lipinski definition) is 3. The summed E-state index contributed by atoms with van der Waals surface area (Å²) in [6, 6.07) is 9.85. The lowest BCUT2D eigenvalue weighted by Crippen LogP contribution is -2.21. The number of rotatable bonds is 6. The second kappa shape index (κ2) is 10.9. The van der Waals surface area contributed by atoms with Crippen molar-refractivity contribution in [2.75, 3.05) is 13.1 Å². The molecule has 3 nitrogen and oxygen atoms in total. The molecular formula is C12H23N2OP. The molecule has 0 bridgehead atoms. The van der Waals surface area contributed by atoms with Crippen LogP contribution in [0, 0.1) is 0 Å². The van der Waals surface area contributed by atoms with Gasteiger partial charge in [-0.3, -0.25) is 10.2 Å². The molecule has 0 radical (unpaired) electrons. The van der Waals surface area contributed by atoms with Gasteiger partial charge in [0.2, 0.25) is 8.45 Å². The molecule has 92 valence electrons. The minimum Gasteiger partial charge on any atom is -0.445 e. The van der Waals surface area contributed by atoms with E-state index in [1.165, 1.54) is 0 Å². The highest BCUT2D eigenvalue weighted by atomic mass is 31.2. The summed E-state index contributed by atoms with van der Waals surface area (Å²) in [7, 11) is -0.737. The van der Waals surface area contributed by atoms with E-state index in [1.807, 2.05) is 44.2 Å². The summed E-state index contributed by atoms with van der Waals surface area (Å²) in [6.07, 6.45) is 0. The van der Waals surface area contributed by atoms with Crippen LogP contribution < -0.4 is 14.7 Å². The molecule has 1 aromatic carbocycles. The highest BCUT2D eigenvalue weighted by molar-refractivity contribution is 7.48. The molecule has 2 N–H and O–H groups in total. The Bertz CT molecular complexity index is 238. The third-order valence-corrected chi connectivity index (χ3v) is 3.14. The summed E-state index contributed by atoms with van der Waals surface area (Å²) in [6.45, 7) is 9.96. The molecule has 0 unspecified atom stereocenters. The maximum atomic E-state index is 5.74. The van der Waals surface area contributed by atoms with E-state index in [9.17, 15) is 0 Å². The third kappa shape index (κ3) is 6.78. The van der Waals surface area contributed by atoms with Crippen molar-refractivity contribution in [1.82, 2.24) is 10.2 Å². The molecule has 0 atom stereocenters. The Balaban J connectivity index is 0.00000106. The van der Waals surface area contributed by atoms with Crippen molar-refractivity contribution >= 4 is 8.45 Å². The SMILES string of the molecule is CC.CCNP(NCC)Oc1ccccc1. The predicted molar refractivity (Wildman–Crippen MR) is 72.7 cm³/mol. The zero-order valence-electron chi connectivity index (χ0n) is 10.7. The van der Waals surface area contributed by atoms with Crippen LogP contribution in [0.1, 0.15) is 27.7 Å². The second-order valence-corrected chi connectivity index (χ2v) is 4.13. The van der Waals surface area contributed by atoms with Gasteiger partial charge in [-0.25, -0.2) is 0 Å². The average molecular weight is 242 g/mol. The average Bonchev–Trinajstić information content (AvgIpc) is 2.34. The minimum absolute atomic E-state index is 0.737. The van der Waals surface area contributed by atoms with Gasteiger partial charge in [0.05, 0.1) is 0 Å². The van der Waals surface area contributed by atoms with Crippen LogP contribution in [0.15, 0.2) is 30.3 Å². The Morgan fingerprint density at radius 2 is 1.50 bits per heavy atom. The maximum Gasteiger partial charge on any atom is 0.242 e. The normalized spacial score (nSPS) is 9.56. The lowest BCUT2D eigenvalue weighted by atomic mass is 10.3. The Labute approximate surface area is 101 Å². The summed E-state index contributed by atoms with van der Waals surface area (Å²) in [5.41, 5.74) is 0. The van der Waals surface area contributed by atoms with Crippen LogP contribution in [0.3, 0.4) is 0 Å². The van der Waals surface area contributed by atoms with Gasteiger partial charge in [0.1, 0.15) is 5.75 Å². The minimum atomic E-state index is -0.737. The lowest BCUT2D eigenvalue weighted by molar-refractivity contribution is 0.584. The molecule has 0 fully saturated rings.